The molecule has 1 aromatic carbocycles. The lowest BCUT2D eigenvalue weighted by atomic mass is 10.2. The minimum Gasteiger partial charge on any atom is -0.441 e. The van der Waals surface area contributed by atoms with Gasteiger partial charge in [-0.3, -0.25) is 4.90 Å². The molecular weight excluding hydrogens is 324 g/mol. The first-order valence-corrected chi connectivity index (χ1v) is 8.86. The van der Waals surface area contributed by atoms with E-state index in [0.29, 0.717) is 30.7 Å². The lowest BCUT2D eigenvalue weighted by Gasteiger charge is -2.12. The van der Waals surface area contributed by atoms with Crippen molar-refractivity contribution in [1.29, 1.82) is 0 Å². The Labute approximate surface area is 145 Å². The van der Waals surface area contributed by atoms with Crippen LogP contribution in [0.3, 0.4) is 0 Å². The largest absolute Gasteiger partial charge is 0.441 e. The second kappa shape index (κ2) is 7.19. The summed E-state index contributed by atoms with van der Waals surface area (Å²) in [7, 11) is 1.99. The molecule has 126 valence electrons. The Balaban J connectivity index is 1.71. The van der Waals surface area contributed by atoms with Gasteiger partial charge in [-0.2, -0.15) is 4.98 Å². The zero-order chi connectivity index (χ0) is 17.1. The summed E-state index contributed by atoms with van der Waals surface area (Å²) in [6, 6.07) is 8.21. The fourth-order valence-electron chi connectivity index (χ4n) is 2.38. The van der Waals surface area contributed by atoms with E-state index in [1.807, 2.05) is 33.0 Å². The summed E-state index contributed by atoms with van der Waals surface area (Å²) in [5.41, 5.74) is 1.90. The topological polar surface area (TPSA) is 68.2 Å². The van der Waals surface area contributed by atoms with Crippen LogP contribution in [0.1, 0.15) is 23.2 Å². The van der Waals surface area contributed by atoms with Gasteiger partial charge in [0.25, 0.3) is 0 Å². The van der Waals surface area contributed by atoms with E-state index in [1.165, 1.54) is 4.90 Å². The molecule has 2 aromatic heterocycles. The predicted octanol–water partition coefficient (Wildman–Crippen LogP) is 3.70. The average Bonchev–Trinajstić information content (AvgIpc) is 3.13. The van der Waals surface area contributed by atoms with E-state index in [4.69, 9.17) is 8.94 Å². The molecule has 0 fully saturated rings. The highest BCUT2D eigenvalue weighted by Gasteiger charge is 2.15. The smallest absolute Gasteiger partial charge is 0.240 e. The van der Waals surface area contributed by atoms with Gasteiger partial charge in [0.05, 0.1) is 12.2 Å². The monoisotopic (exact) mass is 344 g/mol. The molecule has 0 N–H and O–H groups in total. The summed E-state index contributed by atoms with van der Waals surface area (Å²) in [5.74, 6) is 2.72. The normalized spacial score (nSPS) is 11.4. The van der Waals surface area contributed by atoms with Crippen LogP contribution in [0.4, 0.5) is 0 Å². The molecule has 0 bridgehead atoms. The first-order valence-electron chi connectivity index (χ1n) is 7.63. The summed E-state index contributed by atoms with van der Waals surface area (Å²) in [6.07, 6.45) is 2.06. The highest BCUT2D eigenvalue weighted by atomic mass is 32.2. The first-order chi connectivity index (χ1) is 11.5. The van der Waals surface area contributed by atoms with Crippen molar-refractivity contribution in [3.05, 3.63) is 47.4 Å². The number of benzene rings is 1. The highest BCUT2D eigenvalue weighted by Crippen LogP contribution is 2.25. The van der Waals surface area contributed by atoms with Crippen LogP contribution < -0.4 is 0 Å². The van der Waals surface area contributed by atoms with Crippen LogP contribution in [0.2, 0.25) is 0 Å². The number of thioether (sulfide) groups is 1. The van der Waals surface area contributed by atoms with Gasteiger partial charge in [0.15, 0.2) is 5.82 Å². The average molecular weight is 344 g/mol. The Morgan fingerprint density at radius 2 is 1.83 bits per heavy atom. The molecule has 0 radical (unpaired) electrons. The van der Waals surface area contributed by atoms with Crippen LogP contribution >= 0.6 is 11.8 Å². The molecule has 3 rings (SSSR count). The fourth-order valence-corrected chi connectivity index (χ4v) is 2.79. The van der Waals surface area contributed by atoms with Gasteiger partial charge in [-0.1, -0.05) is 5.16 Å². The molecule has 0 amide bonds. The van der Waals surface area contributed by atoms with Gasteiger partial charge >= 0.3 is 0 Å². The lowest BCUT2D eigenvalue weighted by Crippen LogP contribution is -2.18. The molecule has 7 heteroatoms. The third-order valence-electron chi connectivity index (χ3n) is 3.62. The first kappa shape index (κ1) is 16.7. The third-order valence-corrected chi connectivity index (χ3v) is 4.37. The van der Waals surface area contributed by atoms with E-state index in [-0.39, 0.29) is 0 Å². The summed E-state index contributed by atoms with van der Waals surface area (Å²) in [4.78, 5) is 12.1. The Morgan fingerprint density at radius 3 is 2.46 bits per heavy atom. The van der Waals surface area contributed by atoms with Crippen molar-refractivity contribution in [2.45, 2.75) is 31.8 Å². The van der Waals surface area contributed by atoms with E-state index in [0.717, 1.165) is 17.0 Å². The molecule has 3 aromatic rings. The molecule has 2 heterocycles. The molecule has 0 aliphatic heterocycles. The van der Waals surface area contributed by atoms with Crippen LogP contribution in [0.15, 0.2) is 38.1 Å². The van der Waals surface area contributed by atoms with E-state index in [1.54, 1.807) is 11.8 Å². The van der Waals surface area contributed by atoms with Crippen molar-refractivity contribution in [3.63, 3.8) is 0 Å². The number of rotatable bonds is 6. The molecule has 0 saturated carbocycles. The van der Waals surface area contributed by atoms with Crippen LogP contribution in [0.5, 0.6) is 0 Å². The van der Waals surface area contributed by atoms with Gasteiger partial charge in [-0.15, -0.1) is 11.8 Å². The maximum Gasteiger partial charge on any atom is 0.240 e. The van der Waals surface area contributed by atoms with Gasteiger partial charge in [-0.25, -0.2) is 4.98 Å². The van der Waals surface area contributed by atoms with Gasteiger partial charge in [-0.05, 0) is 51.4 Å². The van der Waals surface area contributed by atoms with Crippen molar-refractivity contribution < 1.29 is 8.94 Å². The number of aryl methyl sites for hydroxylation is 2. The summed E-state index contributed by atoms with van der Waals surface area (Å²) in [6.45, 7) is 4.97. The Kier molecular flexibility index (Phi) is 5.01. The summed E-state index contributed by atoms with van der Waals surface area (Å²) < 4.78 is 11.0. The molecule has 0 unspecified atom stereocenters. The maximum atomic E-state index is 5.83. The maximum absolute atomic E-state index is 5.83. The number of hydrogen-bond acceptors (Lipinski definition) is 7. The van der Waals surface area contributed by atoms with E-state index >= 15 is 0 Å². The van der Waals surface area contributed by atoms with Crippen molar-refractivity contribution in [1.82, 2.24) is 20.0 Å². The second-order valence-electron chi connectivity index (χ2n) is 5.66. The van der Waals surface area contributed by atoms with Crippen LogP contribution in [0, 0.1) is 13.8 Å². The van der Waals surface area contributed by atoms with Gasteiger partial charge in [0.2, 0.25) is 11.8 Å². The predicted molar refractivity (Wildman–Crippen MR) is 92.7 cm³/mol. The molecule has 0 saturated heterocycles. The van der Waals surface area contributed by atoms with Gasteiger partial charge < -0.3 is 8.94 Å². The van der Waals surface area contributed by atoms with E-state index in [9.17, 15) is 0 Å². The Hall–Kier alpha value is -2.12. The summed E-state index contributed by atoms with van der Waals surface area (Å²) >= 11 is 1.71. The molecular formula is C17H20N4O2S. The van der Waals surface area contributed by atoms with Crippen LogP contribution in [0.25, 0.3) is 11.5 Å². The van der Waals surface area contributed by atoms with Crippen molar-refractivity contribution in [2.24, 2.45) is 0 Å². The second-order valence-corrected chi connectivity index (χ2v) is 6.54. The molecule has 0 spiro atoms. The molecule has 0 aliphatic carbocycles. The van der Waals surface area contributed by atoms with E-state index in [2.05, 4.69) is 38.4 Å². The molecule has 0 aliphatic rings. The zero-order valence-corrected chi connectivity index (χ0v) is 15.1. The molecule has 24 heavy (non-hydrogen) atoms. The van der Waals surface area contributed by atoms with Gasteiger partial charge in [0.1, 0.15) is 5.76 Å². The standard InChI is InChI=1S/C17H20N4O2S/c1-11-15(9-21(3)10-16-18-12(2)20-23-16)19-17(22-11)13-5-7-14(24-4)8-6-13/h5-8H,9-10H2,1-4H3. The Morgan fingerprint density at radius 1 is 1.08 bits per heavy atom. The number of hydrogen-bond donors (Lipinski definition) is 0. The van der Waals surface area contributed by atoms with E-state index < -0.39 is 0 Å². The number of oxazole rings is 1. The quantitative estimate of drug-likeness (QED) is 0.632. The van der Waals surface area contributed by atoms with Crippen molar-refractivity contribution in [3.8, 4) is 11.5 Å². The fraction of sp³-hybridized carbons (Fsp3) is 0.353. The minimum absolute atomic E-state index is 0.574. The van der Waals surface area contributed by atoms with Crippen molar-refractivity contribution in [2.75, 3.05) is 13.3 Å². The molecule has 6 nitrogen and oxygen atoms in total. The summed E-state index contributed by atoms with van der Waals surface area (Å²) in [5, 5.41) is 3.80. The SMILES string of the molecule is CSc1ccc(-c2nc(CN(C)Cc3nc(C)no3)c(C)o2)cc1. The highest BCUT2D eigenvalue weighted by molar-refractivity contribution is 7.98. The minimum atomic E-state index is 0.574. The number of nitrogens with zero attached hydrogens (tertiary/aromatic N) is 4. The number of aromatic nitrogens is 3. The zero-order valence-electron chi connectivity index (χ0n) is 14.2. The molecule has 0 atom stereocenters. The van der Waals surface area contributed by atoms with Crippen LogP contribution in [-0.4, -0.2) is 33.3 Å². The third kappa shape index (κ3) is 3.85. The van der Waals surface area contributed by atoms with Crippen LogP contribution in [-0.2, 0) is 13.1 Å². The lowest BCUT2D eigenvalue weighted by molar-refractivity contribution is 0.257. The van der Waals surface area contributed by atoms with Crippen molar-refractivity contribution >= 4 is 11.8 Å². The Bertz CT molecular complexity index is 810. The van der Waals surface area contributed by atoms with Gasteiger partial charge in [0, 0.05) is 17.0 Å².